The summed E-state index contributed by atoms with van der Waals surface area (Å²) in [5, 5.41) is 6.33. The van der Waals surface area contributed by atoms with E-state index in [2.05, 4.69) is 10.4 Å². The Labute approximate surface area is 95.8 Å². The Balaban J connectivity index is 2.28. The minimum Gasteiger partial charge on any atom is -0.309 e. The van der Waals surface area contributed by atoms with Crippen LogP contribution < -0.4 is 5.32 Å². The van der Waals surface area contributed by atoms with Gasteiger partial charge in [0.2, 0.25) is 0 Å². The molecular formula is C10H13F4N3. The summed E-state index contributed by atoms with van der Waals surface area (Å²) in [5.41, 5.74) is 0.0587. The molecule has 2 heterocycles. The zero-order valence-electron chi connectivity index (χ0n) is 9.26. The summed E-state index contributed by atoms with van der Waals surface area (Å²) in [7, 11) is 0. The zero-order valence-corrected chi connectivity index (χ0v) is 9.26. The van der Waals surface area contributed by atoms with Crippen molar-refractivity contribution in [2.24, 2.45) is 0 Å². The molecule has 1 aromatic rings. The lowest BCUT2D eigenvalue weighted by Crippen LogP contribution is -2.45. The molecule has 7 heteroatoms. The summed E-state index contributed by atoms with van der Waals surface area (Å²) in [4.78, 5) is 0. The summed E-state index contributed by atoms with van der Waals surface area (Å²) >= 11 is 0. The Morgan fingerprint density at radius 2 is 2.24 bits per heavy atom. The van der Waals surface area contributed by atoms with Crippen molar-refractivity contribution < 1.29 is 17.6 Å². The van der Waals surface area contributed by atoms with Crippen LogP contribution in [0, 0.1) is 6.92 Å². The van der Waals surface area contributed by atoms with Crippen LogP contribution in [0.5, 0.6) is 0 Å². The first-order valence-electron chi connectivity index (χ1n) is 5.31. The number of hydrogen-bond acceptors (Lipinski definition) is 2. The maximum atomic E-state index is 13.2. The highest BCUT2D eigenvalue weighted by molar-refractivity contribution is 5.18. The van der Waals surface area contributed by atoms with Crippen LogP contribution in [-0.4, -0.2) is 28.8 Å². The van der Waals surface area contributed by atoms with Gasteiger partial charge in [-0.15, -0.1) is 0 Å². The predicted octanol–water partition coefficient (Wildman–Crippen LogP) is 2.30. The second kappa shape index (κ2) is 4.29. The van der Waals surface area contributed by atoms with E-state index in [1.54, 1.807) is 0 Å². The maximum Gasteiger partial charge on any atom is 0.280 e. The lowest BCUT2D eigenvalue weighted by atomic mass is 10.0. The molecule has 2 rings (SSSR count). The Kier molecular flexibility index (Phi) is 3.11. The number of aromatic nitrogens is 2. The molecule has 1 N–H and O–H groups in total. The Bertz CT molecular complexity index is 402. The van der Waals surface area contributed by atoms with Crippen LogP contribution in [0.4, 0.5) is 17.6 Å². The summed E-state index contributed by atoms with van der Waals surface area (Å²) in [6.07, 6.45) is -1.87. The van der Waals surface area contributed by atoms with Crippen molar-refractivity contribution in [3.63, 3.8) is 0 Å². The first kappa shape index (κ1) is 12.3. The van der Waals surface area contributed by atoms with Crippen LogP contribution in [0.1, 0.15) is 30.1 Å². The maximum absolute atomic E-state index is 13.2. The van der Waals surface area contributed by atoms with Crippen molar-refractivity contribution in [2.75, 3.05) is 13.1 Å². The van der Waals surface area contributed by atoms with Gasteiger partial charge in [0.15, 0.2) is 0 Å². The topological polar surface area (TPSA) is 29.9 Å². The number of nitrogens with zero attached hydrogens (tertiary/aromatic N) is 2. The number of alkyl halides is 4. The Hall–Kier alpha value is -1.11. The van der Waals surface area contributed by atoms with E-state index in [1.807, 2.05) is 0 Å². The molecule has 17 heavy (non-hydrogen) atoms. The number of nitrogens with one attached hydrogen (secondary N) is 1. The van der Waals surface area contributed by atoms with Gasteiger partial charge in [-0.2, -0.15) is 5.10 Å². The van der Waals surface area contributed by atoms with E-state index in [0.29, 0.717) is 5.56 Å². The van der Waals surface area contributed by atoms with Gasteiger partial charge in [0.05, 0.1) is 18.8 Å². The molecule has 1 unspecified atom stereocenters. The number of aryl methyl sites for hydroxylation is 1. The van der Waals surface area contributed by atoms with Crippen molar-refractivity contribution >= 4 is 0 Å². The van der Waals surface area contributed by atoms with Crippen LogP contribution in [0.3, 0.4) is 0 Å². The minimum absolute atomic E-state index is 0.233. The second-order valence-electron chi connectivity index (χ2n) is 4.30. The van der Waals surface area contributed by atoms with Crippen molar-refractivity contribution in [2.45, 2.75) is 31.7 Å². The van der Waals surface area contributed by atoms with Crippen LogP contribution in [0.15, 0.2) is 6.20 Å². The quantitative estimate of drug-likeness (QED) is 0.817. The van der Waals surface area contributed by atoms with Gasteiger partial charge in [-0.25, -0.2) is 17.6 Å². The summed E-state index contributed by atoms with van der Waals surface area (Å²) < 4.78 is 53.0. The van der Waals surface area contributed by atoms with E-state index in [0.717, 1.165) is 4.68 Å². The first-order valence-corrected chi connectivity index (χ1v) is 5.31. The Morgan fingerprint density at radius 3 is 2.82 bits per heavy atom. The molecule has 1 fully saturated rings. The molecule has 1 saturated heterocycles. The lowest BCUT2D eigenvalue weighted by Gasteiger charge is -2.30. The Morgan fingerprint density at radius 1 is 1.53 bits per heavy atom. The monoisotopic (exact) mass is 251 g/mol. The van der Waals surface area contributed by atoms with Crippen molar-refractivity contribution in [3.05, 3.63) is 17.5 Å². The molecular weight excluding hydrogens is 238 g/mol. The third kappa shape index (κ3) is 2.43. The normalized spacial score (nSPS) is 24.2. The van der Waals surface area contributed by atoms with Gasteiger partial charge in [-0.05, 0) is 12.5 Å². The van der Waals surface area contributed by atoms with Crippen LogP contribution in [-0.2, 0) is 0 Å². The van der Waals surface area contributed by atoms with Gasteiger partial charge in [-0.3, -0.25) is 4.68 Å². The van der Waals surface area contributed by atoms with Crippen LogP contribution in [0.25, 0.3) is 0 Å². The summed E-state index contributed by atoms with van der Waals surface area (Å²) in [5.74, 6) is -2.87. The van der Waals surface area contributed by atoms with E-state index in [9.17, 15) is 17.6 Å². The minimum atomic E-state index is -2.87. The van der Waals surface area contributed by atoms with Crippen molar-refractivity contribution in [3.8, 4) is 0 Å². The highest BCUT2D eigenvalue weighted by Crippen LogP contribution is 2.32. The molecule has 0 saturated carbocycles. The number of piperidine rings is 1. The molecule has 0 radical (unpaired) electrons. The van der Waals surface area contributed by atoms with E-state index < -0.39 is 31.4 Å². The highest BCUT2D eigenvalue weighted by Gasteiger charge is 2.38. The average Bonchev–Trinajstić information content (AvgIpc) is 2.58. The summed E-state index contributed by atoms with van der Waals surface area (Å²) in [6, 6.07) is -0.726. The van der Waals surface area contributed by atoms with Gasteiger partial charge in [0, 0.05) is 13.0 Å². The fourth-order valence-corrected chi connectivity index (χ4v) is 2.10. The predicted molar refractivity (Wildman–Crippen MR) is 53.4 cm³/mol. The van der Waals surface area contributed by atoms with Gasteiger partial charge < -0.3 is 5.32 Å². The van der Waals surface area contributed by atoms with E-state index in [-0.39, 0.29) is 12.2 Å². The molecule has 1 aromatic heterocycles. The van der Waals surface area contributed by atoms with Gasteiger partial charge in [0.1, 0.15) is 5.69 Å². The molecule has 3 nitrogen and oxygen atoms in total. The van der Waals surface area contributed by atoms with Gasteiger partial charge in [0.25, 0.3) is 12.3 Å². The van der Waals surface area contributed by atoms with E-state index >= 15 is 0 Å². The van der Waals surface area contributed by atoms with Crippen molar-refractivity contribution in [1.82, 2.24) is 15.1 Å². The van der Waals surface area contributed by atoms with E-state index in [1.165, 1.54) is 13.1 Å². The van der Waals surface area contributed by atoms with Gasteiger partial charge >= 0.3 is 0 Å². The van der Waals surface area contributed by atoms with E-state index in [4.69, 9.17) is 0 Å². The largest absolute Gasteiger partial charge is 0.309 e. The third-order valence-electron chi connectivity index (χ3n) is 2.88. The fraction of sp³-hybridized carbons (Fsp3) is 0.700. The number of halogens is 4. The molecule has 1 aliphatic heterocycles. The number of rotatable bonds is 2. The molecule has 0 aliphatic carbocycles. The van der Waals surface area contributed by atoms with Crippen LogP contribution in [0.2, 0.25) is 0 Å². The van der Waals surface area contributed by atoms with Crippen LogP contribution >= 0.6 is 0 Å². The first-order chi connectivity index (χ1) is 7.91. The molecule has 0 bridgehead atoms. The zero-order chi connectivity index (χ0) is 12.6. The molecule has 0 spiro atoms. The number of hydrogen-bond donors (Lipinski definition) is 1. The van der Waals surface area contributed by atoms with Gasteiger partial charge in [-0.1, -0.05) is 0 Å². The highest BCUT2D eigenvalue weighted by atomic mass is 19.3. The smallest absolute Gasteiger partial charge is 0.280 e. The standard InChI is InChI=1S/C10H13F4N3/c1-6-3-16-17(8(6)9(11)12)7-2-10(13,14)5-15-4-7/h3,7,9,15H,2,4-5H2,1H3. The molecule has 0 amide bonds. The fourth-order valence-electron chi connectivity index (χ4n) is 2.10. The average molecular weight is 251 g/mol. The lowest BCUT2D eigenvalue weighted by molar-refractivity contribution is -0.0397. The molecule has 1 aliphatic rings. The molecule has 0 aromatic carbocycles. The second-order valence-corrected chi connectivity index (χ2v) is 4.30. The molecule has 1 atom stereocenters. The SMILES string of the molecule is Cc1cnn(C2CNCC(F)(F)C2)c1C(F)F. The van der Waals surface area contributed by atoms with Crippen molar-refractivity contribution in [1.29, 1.82) is 0 Å². The third-order valence-corrected chi connectivity index (χ3v) is 2.88. The molecule has 96 valence electrons. The summed E-state index contributed by atoms with van der Waals surface area (Å²) in [6.45, 7) is 1.32.